The number of allylic oxidation sites excluding steroid dienone is 1. The van der Waals surface area contributed by atoms with E-state index in [1.165, 1.54) is 39.0 Å². The lowest BCUT2D eigenvalue weighted by Gasteiger charge is -2.59. The molecular weight excluding hydrogens is 376 g/mol. The van der Waals surface area contributed by atoms with Crippen LogP contribution < -0.4 is 0 Å². The zero-order chi connectivity index (χ0) is 21.3. The molecule has 0 spiro atoms. The van der Waals surface area contributed by atoms with Crippen LogP contribution in [0.1, 0.15) is 91.9 Å². The van der Waals surface area contributed by atoms with Crippen LogP contribution in [-0.2, 0) is 19.1 Å². The van der Waals surface area contributed by atoms with E-state index in [1.807, 2.05) is 0 Å². The second kappa shape index (κ2) is 6.84. The molecule has 0 amide bonds. The van der Waals surface area contributed by atoms with Crippen LogP contribution in [0.5, 0.6) is 0 Å². The monoisotopic (exact) mass is 414 g/mol. The number of cyclic esters (lactones) is 1. The van der Waals surface area contributed by atoms with Gasteiger partial charge in [-0.2, -0.15) is 0 Å². The first-order valence-corrected chi connectivity index (χ1v) is 12.2. The van der Waals surface area contributed by atoms with E-state index < -0.39 is 0 Å². The first-order valence-electron chi connectivity index (χ1n) is 12.2. The van der Waals surface area contributed by atoms with Gasteiger partial charge in [-0.3, -0.25) is 9.59 Å². The Morgan fingerprint density at radius 3 is 2.57 bits per heavy atom. The number of hydrogen-bond donors (Lipinski definition) is 0. The first kappa shape index (κ1) is 20.6. The molecule has 30 heavy (non-hydrogen) atoms. The summed E-state index contributed by atoms with van der Waals surface area (Å²) in [5, 5.41) is 0. The van der Waals surface area contributed by atoms with E-state index in [4.69, 9.17) is 9.47 Å². The smallest absolute Gasteiger partial charge is 0.306 e. The minimum atomic E-state index is -0.255. The second-order valence-corrected chi connectivity index (χ2v) is 11.7. The molecule has 0 aromatic heterocycles. The SMILES string of the molecule is CC(=O)O[C@H]1CC[C@@]2(C)C(=CC[C@H]3[C@@H]4CC[C@@H]([C@@]5(C)CCC(=O)O5)[C@@]4(C)CC[C@@H]32)C1. The van der Waals surface area contributed by atoms with Crippen LogP contribution in [0.3, 0.4) is 0 Å². The van der Waals surface area contributed by atoms with Gasteiger partial charge in [0.2, 0.25) is 0 Å². The number of fused-ring (bicyclic) bond motifs is 5. The molecule has 5 aliphatic rings. The summed E-state index contributed by atoms with van der Waals surface area (Å²) in [5.41, 5.74) is 1.85. The highest BCUT2D eigenvalue weighted by atomic mass is 16.6. The summed E-state index contributed by atoms with van der Waals surface area (Å²) < 4.78 is 11.5. The van der Waals surface area contributed by atoms with Crippen molar-refractivity contribution in [1.82, 2.24) is 0 Å². The topological polar surface area (TPSA) is 52.6 Å². The lowest BCUT2D eigenvalue weighted by Crippen LogP contribution is -2.53. The van der Waals surface area contributed by atoms with Crippen molar-refractivity contribution in [2.45, 2.75) is 104 Å². The molecule has 166 valence electrons. The molecule has 1 aliphatic heterocycles. The maximum atomic E-state index is 11.9. The van der Waals surface area contributed by atoms with Gasteiger partial charge in [0.1, 0.15) is 11.7 Å². The van der Waals surface area contributed by atoms with Crippen molar-refractivity contribution < 1.29 is 19.1 Å². The van der Waals surface area contributed by atoms with Crippen molar-refractivity contribution >= 4 is 11.9 Å². The van der Waals surface area contributed by atoms with Gasteiger partial charge in [0.05, 0.1) is 0 Å². The molecule has 3 saturated carbocycles. The minimum absolute atomic E-state index is 0.000489. The fourth-order valence-corrected chi connectivity index (χ4v) is 8.92. The van der Waals surface area contributed by atoms with Crippen LogP contribution >= 0.6 is 0 Å². The van der Waals surface area contributed by atoms with Crippen LogP contribution in [0, 0.1) is 34.5 Å². The van der Waals surface area contributed by atoms with E-state index in [0.717, 1.165) is 43.4 Å². The summed E-state index contributed by atoms with van der Waals surface area (Å²) >= 11 is 0. The summed E-state index contributed by atoms with van der Waals surface area (Å²) in [7, 11) is 0. The summed E-state index contributed by atoms with van der Waals surface area (Å²) in [5.74, 6) is 2.57. The average molecular weight is 415 g/mol. The molecule has 4 fully saturated rings. The molecule has 4 nitrogen and oxygen atoms in total. The van der Waals surface area contributed by atoms with Crippen LogP contribution in [-0.4, -0.2) is 23.6 Å². The second-order valence-electron chi connectivity index (χ2n) is 11.7. The van der Waals surface area contributed by atoms with Crippen LogP contribution in [0.15, 0.2) is 11.6 Å². The van der Waals surface area contributed by atoms with Crippen molar-refractivity contribution in [3.8, 4) is 0 Å². The molecule has 0 bridgehead atoms. The predicted octanol–water partition coefficient (Wildman–Crippen LogP) is 5.59. The lowest BCUT2D eigenvalue weighted by atomic mass is 9.46. The van der Waals surface area contributed by atoms with E-state index in [0.29, 0.717) is 12.3 Å². The van der Waals surface area contributed by atoms with Crippen LogP contribution in [0.25, 0.3) is 0 Å². The van der Waals surface area contributed by atoms with Gasteiger partial charge in [0.15, 0.2) is 0 Å². The number of hydrogen-bond acceptors (Lipinski definition) is 4. The molecule has 0 unspecified atom stereocenters. The van der Waals surface area contributed by atoms with Gasteiger partial charge in [0, 0.05) is 25.7 Å². The molecule has 0 aromatic carbocycles. The highest BCUT2D eigenvalue weighted by Gasteiger charge is 2.63. The molecule has 4 aliphatic carbocycles. The van der Waals surface area contributed by atoms with Crippen molar-refractivity contribution in [1.29, 1.82) is 0 Å². The van der Waals surface area contributed by atoms with Crippen molar-refractivity contribution in [2.75, 3.05) is 0 Å². The fourth-order valence-electron chi connectivity index (χ4n) is 8.92. The number of carbonyl (C=O) groups excluding carboxylic acids is 2. The Hall–Kier alpha value is -1.32. The van der Waals surface area contributed by atoms with E-state index in [1.54, 1.807) is 5.57 Å². The third-order valence-corrected chi connectivity index (χ3v) is 10.3. The molecule has 0 aromatic rings. The molecule has 0 radical (unpaired) electrons. The van der Waals surface area contributed by atoms with Gasteiger partial charge in [-0.25, -0.2) is 0 Å². The summed E-state index contributed by atoms with van der Waals surface area (Å²) in [4.78, 5) is 23.4. The lowest BCUT2D eigenvalue weighted by molar-refractivity contribution is -0.159. The van der Waals surface area contributed by atoms with Gasteiger partial charge in [-0.15, -0.1) is 0 Å². The first-order chi connectivity index (χ1) is 14.2. The van der Waals surface area contributed by atoms with Crippen molar-refractivity contribution in [3.63, 3.8) is 0 Å². The summed E-state index contributed by atoms with van der Waals surface area (Å²) in [6.45, 7) is 8.75. The van der Waals surface area contributed by atoms with Crippen molar-refractivity contribution in [2.24, 2.45) is 34.5 Å². The van der Waals surface area contributed by atoms with Gasteiger partial charge >= 0.3 is 11.9 Å². The van der Waals surface area contributed by atoms with Crippen LogP contribution in [0.2, 0.25) is 0 Å². The van der Waals surface area contributed by atoms with Gasteiger partial charge in [-0.1, -0.05) is 25.5 Å². The number of rotatable bonds is 2. The highest BCUT2D eigenvalue weighted by molar-refractivity contribution is 5.72. The highest BCUT2D eigenvalue weighted by Crippen LogP contribution is 2.68. The maximum Gasteiger partial charge on any atom is 0.306 e. The molecule has 1 heterocycles. The van der Waals surface area contributed by atoms with E-state index >= 15 is 0 Å². The molecule has 0 N–H and O–H groups in total. The van der Waals surface area contributed by atoms with Crippen molar-refractivity contribution in [3.05, 3.63) is 11.6 Å². The van der Waals surface area contributed by atoms with E-state index in [9.17, 15) is 9.59 Å². The van der Waals surface area contributed by atoms with E-state index in [2.05, 4.69) is 26.8 Å². The molecule has 8 atom stereocenters. The standard InChI is InChI=1S/C26H38O4/c1-16(27)29-18-9-12-24(2)17(15-18)5-6-19-20-7-8-22(25(20,3)13-10-21(19)24)26(4)14-11-23(28)30-26/h5,18-22H,6-15H2,1-4H3/t18-,19-,20-,21-,22+,24-,25-,26+/m0/s1. The fraction of sp³-hybridized carbons (Fsp3) is 0.846. The van der Waals surface area contributed by atoms with Gasteiger partial charge in [0.25, 0.3) is 0 Å². The Balaban J connectivity index is 1.39. The Morgan fingerprint density at radius 1 is 1.07 bits per heavy atom. The number of esters is 2. The normalized spacial score (nSPS) is 50.1. The summed E-state index contributed by atoms with van der Waals surface area (Å²) in [6, 6.07) is 0. The zero-order valence-electron chi connectivity index (χ0n) is 19.2. The largest absolute Gasteiger partial charge is 0.462 e. The number of ether oxygens (including phenoxy) is 2. The minimum Gasteiger partial charge on any atom is -0.462 e. The third-order valence-electron chi connectivity index (χ3n) is 10.3. The third kappa shape index (κ3) is 2.92. The Kier molecular flexibility index (Phi) is 4.69. The predicted molar refractivity (Wildman–Crippen MR) is 114 cm³/mol. The Bertz CT molecular complexity index is 786. The number of carbonyl (C=O) groups is 2. The Morgan fingerprint density at radius 2 is 1.87 bits per heavy atom. The van der Waals surface area contributed by atoms with Crippen LogP contribution in [0.4, 0.5) is 0 Å². The zero-order valence-corrected chi connectivity index (χ0v) is 19.2. The van der Waals surface area contributed by atoms with E-state index in [-0.39, 0.29) is 34.5 Å². The molecule has 4 heteroatoms. The summed E-state index contributed by atoms with van der Waals surface area (Å²) in [6.07, 6.45) is 13.3. The molecule has 5 rings (SSSR count). The molecule has 1 saturated heterocycles. The van der Waals surface area contributed by atoms with Gasteiger partial charge in [-0.05, 0) is 86.9 Å². The quantitative estimate of drug-likeness (QED) is 0.436. The maximum absolute atomic E-state index is 11.9. The average Bonchev–Trinajstić information content (AvgIpc) is 3.21. The molecular formula is C26H38O4. The Labute approximate surface area is 181 Å². The van der Waals surface area contributed by atoms with Gasteiger partial charge < -0.3 is 9.47 Å².